The number of piperidine rings is 1. The number of hydrogen-bond donors (Lipinski definition) is 2. The van der Waals surface area contributed by atoms with Crippen molar-refractivity contribution in [3.63, 3.8) is 0 Å². The second-order valence-corrected chi connectivity index (χ2v) is 4.99. The number of carbonyl (C=O) groups excluding carboxylic acids is 2. The highest BCUT2D eigenvalue weighted by atomic mass is 16.2. The van der Waals surface area contributed by atoms with Gasteiger partial charge in [0.1, 0.15) is 0 Å². The van der Waals surface area contributed by atoms with Gasteiger partial charge in [-0.25, -0.2) is 0 Å². The molecule has 1 atom stereocenters. The van der Waals surface area contributed by atoms with Crippen molar-refractivity contribution in [1.82, 2.24) is 4.90 Å². The van der Waals surface area contributed by atoms with Gasteiger partial charge in [-0.1, -0.05) is 12.1 Å². The minimum atomic E-state index is -0.187. The van der Waals surface area contributed by atoms with Crippen molar-refractivity contribution in [2.24, 2.45) is 5.73 Å². The summed E-state index contributed by atoms with van der Waals surface area (Å²) in [5.41, 5.74) is 7.64. The number of aryl methyl sites for hydroxylation is 1. The molecule has 1 saturated heterocycles. The summed E-state index contributed by atoms with van der Waals surface area (Å²) in [6.07, 6.45) is 1.13. The minimum absolute atomic E-state index is 0.00101. The third-order valence-corrected chi connectivity index (χ3v) is 3.17. The molecule has 0 aromatic heterocycles. The van der Waals surface area contributed by atoms with Gasteiger partial charge in [-0.05, 0) is 31.0 Å². The highest BCUT2D eigenvalue weighted by Crippen LogP contribution is 2.12. The molecule has 5 heteroatoms. The Labute approximate surface area is 112 Å². The van der Waals surface area contributed by atoms with Gasteiger partial charge in [0.15, 0.2) is 0 Å². The first kappa shape index (κ1) is 13.5. The van der Waals surface area contributed by atoms with E-state index in [4.69, 9.17) is 5.73 Å². The summed E-state index contributed by atoms with van der Waals surface area (Å²) in [4.78, 5) is 25.1. The van der Waals surface area contributed by atoms with Crippen LogP contribution in [-0.2, 0) is 9.59 Å². The number of hydrogen-bond acceptors (Lipinski definition) is 3. The Morgan fingerprint density at radius 2 is 2.32 bits per heavy atom. The number of rotatable bonds is 3. The number of benzene rings is 1. The van der Waals surface area contributed by atoms with Crippen LogP contribution in [0, 0.1) is 6.92 Å². The fraction of sp³-hybridized carbons (Fsp3) is 0.429. The number of nitrogens with zero attached hydrogens (tertiary/aromatic N) is 1. The van der Waals surface area contributed by atoms with Gasteiger partial charge in [0.05, 0.1) is 6.54 Å². The summed E-state index contributed by atoms with van der Waals surface area (Å²) in [5, 5.41) is 2.79. The lowest BCUT2D eigenvalue weighted by Gasteiger charge is -2.30. The highest BCUT2D eigenvalue weighted by molar-refractivity contribution is 5.94. The zero-order valence-corrected chi connectivity index (χ0v) is 11.1. The van der Waals surface area contributed by atoms with Crippen molar-refractivity contribution in [3.05, 3.63) is 29.8 Å². The molecule has 0 spiro atoms. The maximum atomic E-state index is 11.9. The Bertz CT molecular complexity index is 487. The SMILES string of the molecule is Cc1cccc(NC(=O)CN2CC(N)CCC2=O)c1. The number of carbonyl (C=O) groups is 2. The Morgan fingerprint density at radius 1 is 1.53 bits per heavy atom. The zero-order chi connectivity index (χ0) is 13.8. The van der Waals surface area contributed by atoms with E-state index in [0.29, 0.717) is 19.4 Å². The van der Waals surface area contributed by atoms with E-state index < -0.39 is 0 Å². The fourth-order valence-electron chi connectivity index (χ4n) is 2.19. The van der Waals surface area contributed by atoms with Crippen LogP contribution in [0.25, 0.3) is 0 Å². The van der Waals surface area contributed by atoms with Crippen LogP contribution in [0.1, 0.15) is 18.4 Å². The van der Waals surface area contributed by atoms with Crippen LogP contribution in [0.5, 0.6) is 0 Å². The quantitative estimate of drug-likeness (QED) is 0.848. The van der Waals surface area contributed by atoms with E-state index in [9.17, 15) is 9.59 Å². The number of amides is 2. The smallest absolute Gasteiger partial charge is 0.243 e. The molecule has 1 aliphatic heterocycles. The molecule has 1 fully saturated rings. The summed E-state index contributed by atoms with van der Waals surface area (Å²) in [7, 11) is 0. The lowest BCUT2D eigenvalue weighted by atomic mass is 10.1. The Balaban J connectivity index is 1.92. The van der Waals surface area contributed by atoms with E-state index in [2.05, 4.69) is 5.32 Å². The molecular weight excluding hydrogens is 242 g/mol. The van der Waals surface area contributed by atoms with E-state index in [1.165, 1.54) is 4.90 Å². The van der Waals surface area contributed by atoms with Gasteiger partial charge < -0.3 is 16.0 Å². The van der Waals surface area contributed by atoms with Crippen molar-refractivity contribution >= 4 is 17.5 Å². The molecule has 2 amide bonds. The zero-order valence-electron chi connectivity index (χ0n) is 11.1. The predicted molar refractivity (Wildman–Crippen MR) is 73.6 cm³/mol. The van der Waals surface area contributed by atoms with Crippen LogP contribution in [0.3, 0.4) is 0 Å². The van der Waals surface area contributed by atoms with Crippen LogP contribution in [0.4, 0.5) is 5.69 Å². The molecular formula is C14H19N3O2. The number of nitrogens with two attached hydrogens (primary N) is 1. The topological polar surface area (TPSA) is 75.4 Å². The summed E-state index contributed by atoms with van der Waals surface area (Å²) in [6.45, 7) is 2.49. The van der Waals surface area contributed by atoms with Crippen LogP contribution >= 0.6 is 0 Å². The summed E-state index contributed by atoms with van der Waals surface area (Å²) in [6, 6.07) is 7.54. The maximum Gasteiger partial charge on any atom is 0.243 e. The summed E-state index contributed by atoms with van der Waals surface area (Å²) < 4.78 is 0. The predicted octanol–water partition coefficient (Wildman–Crippen LogP) is 0.883. The summed E-state index contributed by atoms with van der Waals surface area (Å²) in [5.74, 6) is -0.186. The van der Waals surface area contributed by atoms with Crippen LogP contribution in [0.2, 0.25) is 0 Å². The second-order valence-electron chi connectivity index (χ2n) is 4.99. The van der Waals surface area contributed by atoms with Crippen molar-refractivity contribution in [2.75, 3.05) is 18.4 Å². The molecule has 2 rings (SSSR count). The Kier molecular flexibility index (Phi) is 4.16. The molecule has 102 valence electrons. The third-order valence-electron chi connectivity index (χ3n) is 3.17. The van der Waals surface area contributed by atoms with Gasteiger partial charge in [-0.2, -0.15) is 0 Å². The average molecular weight is 261 g/mol. The molecule has 0 bridgehead atoms. The first-order valence-corrected chi connectivity index (χ1v) is 6.44. The second kappa shape index (κ2) is 5.84. The van der Waals surface area contributed by atoms with Crippen molar-refractivity contribution in [1.29, 1.82) is 0 Å². The van der Waals surface area contributed by atoms with E-state index in [-0.39, 0.29) is 24.4 Å². The molecule has 19 heavy (non-hydrogen) atoms. The highest BCUT2D eigenvalue weighted by Gasteiger charge is 2.24. The Hall–Kier alpha value is -1.88. The van der Waals surface area contributed by atoms with Crippen LogP contribution < -0.4 is 11.1 Å². The average Bonchev–Trinajstić information content (AvgIpc) is 2.34. The lowest BCUT2D eigenvalue weighted by molar-refractivity contribution is -0.137. The largest absolute Gasteiger partial charge is 0.332 e. The molecule has 0 aliphatic carbocycles. The molecule has 0 saturated carbocycles. The van der Waals surface area contributed by atoms with E-state index in [1.54, 1.807) is 0 Å². The summed E-state index contributed by atoms with van der Waals surface area (Å²) >= 11 is 0. The third kappa shape index (κ3) is 3.79. The molecule has 5 nitrogen and oxygen atoms in total. The van der Waals surface area contributed by atoms with Gasteiger partial charge in [-0.15, -0.1) is 0 Å². The van der Waals surface area contributed by atoms with Crippen molar-refractivity contribution in [3.8, 4) is 0 Å². The van der Waals surface area contributed by atoms with Crippen molar-refractivity contribution < 1.29 is 9.59 Å². The molecule has 1 aromatic rings. The monoisotopic (exact) mass is 261 g/mol. The van der Waals surface area contributed by atoms with Crippen molar-refractivity contribution in [2.45, 2.75) is 25.8 Å². The normalized spacial score (nSPS) is 19.4. The van der Waals surface area contributed by atoms with E-state index >= 15 is 0 Å². The molecule has 0 radical (unpaired) electrons. The number of anilines is 1. The first-order chi connectivity index (χ1) is 9.04. The van der Waals surface area contributed by atoms with Gasteiger partial charge in [0.2, 0.25) is 11.8 Å². The van der Waals surface area contributed by atoms with E-state index in [0.717, 1.165) is 11.3 Å². The maximum absolute atomic E-state index is 11.9. The van der Waals surface area contributed by atoms with Gasteiger partial charge in [-0.3, -0.25) is 9.59 Å². The first-order valence-electron chi connectivity index (χ1n) is 6.44. The number of nitrogens with one attached hydrogen (secondary N) is 1. The van der Waals surface area contributed by atoms with E-state index in [1.807, 2.05) is 31.2 Å². The molecule has 1 unspecified atom stereocenters. The molecule has 1 aliphatic rings. The van der Waals surface area contributed by atoms with Gasteiger partial charge in [0.25, 0.3) is 0 Å². The number of likely N-dealkylation sites (tertiary alicyclic amines) is 1. The van der Waals surface area contributed by atoms with Crippen LogP contribution in [0.15, 0.2) is 24.3 Å². The molecule has 1 heterocycles. The standard InChI is InChI=1S/C14H19N3O2/c1-10-3-2-4-12(7-10)16-13(18)9-17-8-11(15)5-6-14(17)19/h2-4,7,11H,5-6,8-9,15H2,1H3,(H,16,18). The molecule has 3 N–H and O–H groups in total. The Morgan fingerprint density at radius 3 is 3.05 bits per heavy atom. The van der Waals surface area contributed by atoms with Gasteiger partial charge in [0, 0.05) is 24.7 Å². The minimum Gasteiger partial charge on any atom is -0.332 e. The molecule has 1 aromatic carbocycles. The fourth-order valence-corrected chi connectivity index (χ4v) is 2.19. The lowest BCUT2D eigenvalue weighted by Crippen LogP contribution is -2.48. The van der Waals surface area contributed by atoms with Crippen LogP contribution in [-0.4, -0.2) is 35.8 Å². The van der Waals surface area contributed by atoms with Gasteiger partial charge >= 0.3 is 0 Å².